The van der Waals surface area contributed by atoms with Crippen molar-refractivity contribution in [3.63, 3.8) is 0 Å². The summed E-state index contributed by atoms with van der Waals surface area (Å²) >= 11 is -2.66. The van der Waals surface area contributed by atoms with Crippen LogP contribution >= 0.6 is 0 Å². The molecule has 0 saturated carbocycles. The molecule has 0 N–H and O–H groups in total. The first-order valence-electron chi connectivity index (χ1n) is 9.93. The molecule has 0 fully saturated rings. The fraction of sp³-hybridized carbons (Fsp3) is 0.500. The van der Waals surface area contributed by atoms with Crippen LogP contribution < -0.4 is 0 Å². The Morgan fingerprint density at radius 3 is 0.800 bits per heavy atom. The van der Waals surface area contributed by atoms with Crippen molar-refractivity contribution >= 4 is 0 Å². The van der Waals surface area contributed by atoms with Crippen molar-refractivity contribution in [1.82, 2.24) is 0 Å². The molecule has 0 unspecified atom stereocenters. The predicted octanol–water partition coefficient (Wildman–Crippen LogP) is 7.43. The summed E-state index contributed by atoms with van der Waals surface area (Å²) in [6.45, 7) is 14.7. The van der Waals surface area contributed by atoms with Gasteiger partial charge in [0.15, 0.2) is 0 Å². The van der Waals surface area contributed by atoms with Gasteiger partial charge in [-0.1, -0.05) is 0 Å². The molecule has 0 heterocycles. The van der Waals surface area contributed by atoms with Crippen LogP contribution in [0.2, 0.25) is 3.00 Å². The first kappa shape index (κ1) is 19.6. The van der Waals surface area contributed by atoms with Crippen molar-refractivity contribution in [3.8, 4) is 0 Å². The van der Waals surface area contributed by atoms with Crippen molar-refractivity contribution in [2.24, 2.45) is 17.8 Å². The number of rotatable bonds is 6. The Labute approximate surface area is 168 Å². The van der Waals surface area contributed by atoms with Gasteiger partial charge in [0.2, 0.25) is 0 Å². The number of hydrogen-bond donors (Lipinski definition) is 0. The molecular weight excluding hydrogens is 429 g/mol. The van der Waals surface area contributed by atoms with Crippen molar-refractivity contribution in [1.29, 1.82) is 0 Å². The summed E-state index contributed by atoms with van der Waals surface area (Å²) in [5, 5.41) is 0. The SMILES string of the molecule is CC(C)[C]1([Pr]([C]2(C(C)C)C=CC=C2)[C]2(C(C)C)C=CC=C2)C=CC=C1. The van der Waals surface area contributed by atoms with Gasteiger partial charge >= 0.3 is 170 Å². The van der Waals surface area contributed by atoms with Crippen LogP contribution in [0.25, 0.3) is 0 Å². The molecule has 0 radical (unpaired) electrons. The molecule has 0 saturated heterocycles. The van der Waals surface area contributed by atoms with Gasteiger partial charge in [0, 0.05) is 0 Å². The topological polar surface area (TPSA) is 0 Å². The second kappa shape index (κ2) is 7.08. The van der Waals surface area contributed by atoms with E-state index >= 15 is 0 Å². The molecule has 132 valence electrons. The van der Waals surface area contributed by atoms with Gasteiger partial charge in [0.25, 0.3) is 0 Å². The van der Waals surface area contributed by atoms with Gasteiger partial charge in [-0.05, 0) is 0 Å². The Morgan fingerprint density at radius 1 is 0.440 bits per heavy atom. The van der Waals surface area contributed by atoms with E-state index in [-0.39, 0.29) is 3.00 Å². The van der Waals surface area contributed by atoms with E-state index in [1.54, 1.807) is 0 Å². The third-order valence-electron chi connectivity index (χ3n) is 7.14. The third kappa shape index (κ3) is 2.87. The van der Waals surface area contributed by atoms with E-state index in [0.717, 1.165) is 0 Å². The van der Waals surface area contributed by atoms with E-state index in [4.69, 9.17) is 0 Å². The molecule has 0 amide bonds. The molecule has 0 nitrogen and oxygen atoms in total. The molecular formula is C24H33Pr. The van der Waals surface area contributed by atoms with Crippen LogP contribution in [0.3, 0.4) is 0 Å². The number of allylic oxidation sites excluding steroid dienone is 12. The van der Waals surface area contributed by atoms with Crippen LogP contribution in [0.4, 0.5) is 0 Å². The van der Waals surface area contributed by atoms with Gasteiger partial charge in [-0.2, -0.15) is 0 Å². The standard InChI is InChI=1S/3C8H11.Pr/c3*1-7(2)8-5-3-4-6-8;/h3*3-7H,1-2H3;. The number of hydrogen-bond acceptors (Lipinski definition) is 0. The molecule has 3 aliphatic carbocycles. The van der Waals surface area contributed by atoms with Crippen LogP contribution in [0, 0.1) is 52.8 Å². The molecule has 25 heavy (non-hydrogen) atoms. The summed E-state index contributed by atoms with van der Waals surface area (Å²) in [5.41, 5.74) is 0. The summed E-state index contributed by atoms with van der Waals surface area (Å²) in [6, 6.07) is 0. The van der Waals surface area contributed by atoms with Crippen LogP contribution in [-0.4, -0.2) is 0 Å². The molecule has 0 aliphatic heterocycles. The Morgan fingerprint density at radius 2 is 0.640 bits per heavy atom. The van der Waals surface area contributed by atoms with Crippen molar-refractivity contribution in [3.05, 3.63) is 72.9 Å². The van der Waals surface area contributed by atoms with Gasteiger partial charge in [0.1, 0.15) is 0 Å². The second-order valence-corrected chi connectivity index (χ2v) is 21.5. The normalized spacial score (nSPS) is 23.9. The Kier molecular flexibility index (Phi) is 5.54. The minimum atomic E-state index is -2.66. The Balaban J connectivity index is 2.31. The summed E-state index contributed by atoms with van der Waals surface area (Å²) in [7, 11) is 0. The Hall–Kier alpha value is -0.196. The van der Waals surface area contributed by atoms with E-state index in [9.17, 15) is 0 Å². The summed E-state index contributed by atoms with van der Waals surface area (Å²) in [4.78, 5) is 0. The first-order chi connectivity index (χ1) is 11.8. The predicted molar refractivity (Wildman–Crippen MR) is 107 cm³/mol. The van der Waals surface area contributed by atoms with Crippen molar-refractivity contribution in [2.75, 3.05) is 0 Å². The quantitative estimate of drug-likeness (QED) is 0.385. The van der Waals surface area contributed by atoms with E-state index in [1.807, 2.05) is 0 Å². The molecule has 3 rings (SSSR count). The molecule has 1 heteroatoms. The van der Waals surface area contributed by atoms with Crippen LogP contribution in [0.15, 0.2) is 72.9 Å². The zero-order valence-corrected chi connectivity index (χ0v) is 20.4. The molecule has 0 spiro atoms. The van der Waals surface area contributed by atoms with Gasteiger partial charge in [0.05, 0.1) is 0 Å². The monoisotopic (exact) mass is 462 g/mol. The van der Waals surface area contributed by atoms with Crippen molar-refractivity contribution in [2.45, 2.75) is 44.5 Å². The van der Waals surface area contributed by atoms with Crippen LogP contribution in [0.5, 0.6) is 0 Å². The molecule has 3 aliphatic rings. The maximum absolute atomic E-state index is 2.66. The fourth-order valence-electron chi connectivity index (χ4n) is 5.53. The van der Waals surface area contributed by atoms with Gasteiger partial charge in [-0.25, -0.2) is 0 Å². The van der Waals surface area contributed by atoms with Crippen LogP contribution in [0.1, 0.15) is 41.5 Å². The average Bonchev–Trinajstić information content (AvgIpc) is 3.30. The second-order valence-electron chi connectivity index (χ2n) is 9.05. The first-order valence-corrected chi connectivity index (χ1v) is 15.5. The van der Waals surface area contributed by atoms with Gasteiger partial charge in [-0.3, -0.25) is 0 Å². The molecule has 0 aromatic carbocycles. The third-order valence-corrected chi connectivity index (χ3v) is 26.9. The summed E-state index contributed by atoms with van der Waals surface area (Å²) < 4.78 is 0.853. The summed E-state index contributed by atoms with van der Waals surface area (Å²) in [5.74, 6) is 1.93. The fourth-order valence-corrected chi connectivity index (χ4v) is 26.1. The average molecular weight is 462 g/mol. The van der Waals surface area contributed by atoms with E-state index in [0.29, 0.717) is 17.8 Å². The van der Waals surface area contributed by atoms with Gasteiger partial charge < -0.3 is 0 Å². The zero-order chi connectivity index (χ0) is 18.3. The van der Waals surface area contributed by atoms with E-state index in [1.165, 1.54) is 0 Å². The zero-order valence-electron chi connectivity index (χ0n) is 16.7. The Bertz CT molecular complexity index is 548. The molecule has 0 aromatic rings. The van der Waals surface area contributed by atoms with Crippen LogP contribution in [-0.2, 0) is 0 Å². The molecule has 0 atom stereocenters. The summed E-state index contributed by atoms with van der Waals surface area (Å²) in [6.07, 6.45) is 29.4. The van der Waals surface area contributed by atoms with Crippen molar-refractivity contribution < 1.29 is 35.0 Å². The van der Waals surface area contributed by atoms with E-state index < -0.39 is 35.0 Å². The van der Waals surface area contributed by atoms with E-state index in [2.05, 4.69) is 114 Å². The van der Waals surface area contributed by atoms with Gasteiger partial charge in [-0.15, -0.1) is 0 Å². The minimum absolute atomic E-state index is 0.284. The molecule has 0 bridgehead atoms. The maximum atomic E-state index is 2.58. The molecule has 0 aromatic heterocycles.